The van der Waals surface area contributed by atoms with Gasteiger partial charge in [0.15, 0.2) is 0 Å². The van der Waals surface area contributed by atoms with Crippen LogP contribution in [-0.2, 0) is 0 Å². The molecule has 0 aromatic carbocycles. The molecule has 0 aliphatic carbocycles. The van der Waals surface area contributed by atoms with Crippen molar-refractivity contribution in [3.8, 4) is 0 Å². The fourth-order valence-electron chi connectivity index (χ4n) is 4.03. The molecule has 3 aliphatic heterocycles. The van der Waals surface area contributed by atoms with E-state index in [0.29, 0.717) is 0 Å². The Morgan fingerprint density at radius 1 is 0.895 bits per heavy atom. The molecule has 3 aliphatic rings. The summed E-state index contributed by atoms with van der Waals surface area (Å²) in [5.41, 5.74) is 0. The normalized spacial score (nSPS) is 31.3. The first-order chi connectivity index (χ1) is 8.92. The minimum atomic E-state index is 0. The van der Waals surface area contributed by atoms with Crippen molar-refractivity contribution in [2.45, 2.75) is 44.6 Å². The van der Waals surface area contributed by atoms with Gasteiger partial charge in [-0.05, 0) is 77.2 Å². The Kier molecular flexibility index (Phi) is 6.40. The highest BCUT2D eigenvalue weighted by Gasteiger charge is 2.28. The van der Waals surface area contributed by atoms with Crippen molar-refractivity contribution in [2.24, 2.45) is 5.92 Å². The summed E-state index contributed by atoms with van der Waals surface area (Å²) in [6.07, 6.45) is 8.53. The van der Waals surface area contributed by atoms with Crippen molar-refractivity contribution >= 4 is 12.4 Å². The van der Waals surface area contributed by atoms with Gasteiger partial charge in [0, 0.05) is 19.1 Å². The fraction of sp³-hybridized carbons (Fsp3) is 1.00. The molecule has 4 heteroatoms. The predicted octanol–water partition coefficient (Wildman–Crippen LogP) is 1.97. The third-order valence-corrected chi connectivity index (χ3v) is 5.11. The Hall–Kier alpha value is 0.170. The van der Waals surface area contributed by atoms with Crippen LogP contribution in [0.15, 0.2) is 0 Å². The van der Waals surface area contributed by atoms with Gasteiger partial charge in [-0.15, -0.1) is 12.4 Å². The summed E-state index contributed by atoms with van der Waals surface area (Å²) in [6, 6.07) is 0.878. The third kappa shape index (κ3) is 4.32. The van der Waals surface area contributed by atoms with Crippen LogP contribution in [-0.4, -0.2) is 61.7 Å². The summed E-state index contributed by atoms with van der Waals surface area (Å²) in [5.74, 6) is 0.962. The van der Waals surface area contributed by atoms with Gasteiger partial charge in [0.05, 0.1) is 0 Å². The van der Waals surface area contributed by atoms with Crippen molar-refractivity contribution in [1.82, 2.24) is 15.1 Å². The molecule has 0 aromatic heterocycles. The van der Waals surface area contributed by atoms with Crippen molar-refractivity contribution in [2.75, 3.05) is 45.8 Å². The van der Waals surface area contributed by atoms with E-state index >= 15 is 0 Å². The molecule has 0 spiro atoms. The van der Waals surface area contributed by atoms with Crippen molar-refractivity contribution in [1.29, 1.82) is 0 Å². The molecule has 0 amide bonds. The Balaban J connectivity index is 0.00000133. The van der Waals surface area contributed by atoms with E-state index in [1.165, 1.54) is 84.3 Å². The van der Waals surface area contributed by atoms with Crippen LogP contribution in [0.2, 0.25) is 0 Å². The van der Waals surface area contributed by atoms with E-state index in [0.717, 1.165) is 12.0 Å². The maximum Gasteiger partial charge on any atom is 0.0223 e. The molecular formula is C15H30ClN3. The summed E-state index contributed by atoms with van der Waals surface area (Å²) in [4.78, 5) is 5.52. The average molecular weight is 288 g/mol. The molecule has 19 heavy (non-hydrogen) atoms. The molecule has 0 bridgehead atoms. The number of hydrogen-bond acceptors (Lipinski definition) is 3. The summed E-state index contributed by atoms with van der Waals surface area (Å²) >= 11 is 0. The summed E-state index contributed by atoms with van der Waals surface area (Å²) in [7, 11) is 0. The lowest BCUT2D eigenvalue weighted by Gasteiger charge is -2.39. The first kappa shape index (κ1) is 15.6. The van der Waals surface area contributed by atoms with Crippen LogP contribution >= 0.6 is 12.4 Å². The lowest BCUT2D eigenvalue weighted by Crippen LogP contribution is -2.48. The second-order valence-corrected chi connectivity index (χ2v) is 6.49. The van der Waals surface area contributed by atoms with Crippen molar-refractivity contribution in [3.63, 3.8) is 0 Å². The van der Waals surface area contributed by atoms with E-state index in [1.54, 1.807) is 0 Å². The van der Waals surface area contributed by atoms with Gasteiger partial charge in [0.2, 0.25) is 0 Å². The van der Waals surface area contributed by atoms with E-state index in [1.807, 2.05) is 0 Å². The molecule has 1 unspecified atom stereocenters. The third-order valence-electron chi connectivity index (χ3n) is 5.11. The molecule has 1 atom stereocenters. The number of hydrogen-bond donors (Lipinski definition) is 1. The molecule has 3 rings (SSSR count). The lowest BCUT2D eigenvalue weighted by molar-refractivity contribution is 0.0975. The van der Waals surface area contributed by atoms with Crippen LogP contribution in [0.25, 0.3) is 0 Å². The number of rotatable bonds is 3. The van der Waals surface area contributed by atoms with Gasteiger partial charge in [0.1, 0.15) is 0 Å². The van der Waals surface area contributed by atoms with Crippen LogP contribution in [0.5, 0.6) is 0 Å². The zero-order chi connectivity index (χ0) is 12.2. The first-order valence-corrected chi connectivity index (χ1v) is 8.09. The second-order valence-electron chi connectivity index (χ2n) is 6.49. The van der Waals surface area contributed by atoms with Gasteiger partial charge in [-0.2, -0.15) is 0 Å². The predicted molar refractivity (Wildman–Crippen MR) is 83.1 cm³/mol. The number of nitrogens with zero attached hydrogens (tertiary/aromatic N) is 2. The summed E-state index contributed by atoms with van der Waals surface area (Å²) in [6.45, 7) is 9.30. The van der Waals surface area contributed by atoms with E-state index in [4.69, 9.17) is 0 Å². The highest BCUT2D eigenvalue weighted by molar-refractivity contribution is 5.85. The SMILES string of the molecule is C1CC(N2CCCC2)CN(CC2CCNCC2)C1.Cl. The Morgan fingerprint density at radius 3 is 2.37 bits per heavy atom. The van der Waals surface area contributed by atoms with E-state index in [-0.39, 0.29) is 12.4 Å². The van der Waals surface area contributed by atoms with Crippen LogP contribution in [0.3, 0.4) is 0 Å². The molecule has 3 heterocycles. The first-order valence-electron chi connectivity index (χ1n) is 8.09. The zero-order valence-corrected chi connectivity index (χ0v) is 13.0. The standard InChI is InChI=1S/C15H29N3.ClH/c1-2-11-18(10-1)15-4-3-9-17(13-15)12-14-5-7-16-8-6-14;/h14-16H,1-13H2;1H. The maximum atomic E-state index is 3.48. The quantitative estimate of drug-likeness (QED) is 0.856. The number of halogens is 1. The van der Waals surface area contributed by atoms with Gasteiger partial charge < -0.3 is 10.2 Å². The van der Waals surface area contributed by atoms with Gasteiger partial charge in [-0.1, -0.05) is 0 Å². The lowest BCUT2D eigenvalue weighted by atomic mass is 9.95. The largest absolute Gasteiger partial charge is 0.317 e. The summed E-state index contributed by atoms with van der Waals surface area (Å²) in [5, 5.41) is 3.48. The monoisotopic (exact) mass is 287 g/mol. The van der Waals surface area contributed by atoms with E-state index in [9.17, 15) is 0 Å². The Morgan fingerprint density at radius 2 is 1.63 bits per heavy atom. The number of piperidine rings is 2. The molecule has 0 saturated carbocycles. The minimum absolute atomic E-state index is 0. The second kappa shape index (κ2) is 7.82. The number of nitrogens with one attached hydrogen (secondary N) is 1. The van der Waals surface area contributed by atoms with E-state index in [2.05, 4.69) is 15.1 Å². The molecule has 3 saturated heterocycles. The van der Waals surface area contributed by atoms with Crippen LogP contribution in [0, 0.1) is 5.92 Å². The number of likely N-dealkylation sites (tertiary alicyclic amines) is 2. The van der Waals surface area contributed by atoms with Crippen molar-refractivity contribution < 1.29 is 0 Å². The Bertz CT molecular complexity index is 250. The smallest absolute Gasteiger partial charge is 0.0223 e. The average Bonchev–Trinajstić information content (AvgIpc) is 2.94. The van der Waals surface area contributed by atoms with Crippen LogP contribution < -0.4 is 5.32 Å². The highest BCUT2D eigenvalue weighted by Crippen LogP contribution is 2.22. The van der Waals surface area contributed by atoms with Crippen molar-refractivity contribution in [3.05, 3.63) is 0 Å². The molecule has 0 radical (unpaired) electrons. The fourth-order valence-corrected chi connectivity index (χ4v) is 4.03. The molecule has 3 nitrogen and oxygen atoms in total. The van der Waals surface area contributed by atoms with Gasteiger partial charge >= 0.3 is 0 Å². The van der Waals surface area contributed by atoms with Crippen LogP contribution in [0.1, 0.15) is 38.5 Å². The highest BCUT2D eigenvalue weighted by atomic mass is 35.5. The molecule has 0 aromatic rings. The Labute approximate surface area is 124 Å². The van der Waals surface area contributed by atoms with Gasteiger partial charge in [-0.3, -0.25) is 4.90 Å². The zero-order valence-electron chi connectivity index (χ0n) is 12.1. The molecule has 112 valence electrons. The van der Waals surface area contributed by atoms with Gasteiger partial charge in [-0.25, -0.2) is 0 Å². The van der Waals surface area contributed by atoms with E-state index < -0.39 is 0 Å². The summed E-state index contributed by atoms with van der Waals surface area (Å²) < 4.78 is 0. The maximum absolute atomic E-state index is 3.48. The minimum Gasteiger partial charge on any atom is -0.317 e. The molecule has 3 fully saturated rings. The topological polar surface area (TPSA) is 18.5 Å². The van der Waals surface area contributed by atoms with Crippen LogP contribution in [0.4, 0.5) is 0 Å². The molecular weight excluding hydrogens is 258 g/mol. The van der Waals surface area contributed by atoms with Gasteiger partial charge in [0.25, 0.3) is 0 Å². The molecule has 1 N–H and O–H groups in total.